The summed E-state index contributed by atoms with van der Waals surface area (Å²) in [7, 11) is -3.86. The second kappa shape index (κ2) is 12.1. The van der Waals surface area contributed by atoms with Gasteiger partial charge in [-0.2, -0.15) is 0 Å². The lowest BCUT2D eigenvalue weighted by Crippen LogP contribution is -2.38. The van der Waals surface area contributed by atoms with Crippen molar-refractivity contribution >= 4 is 31.7 Å². The molecule has 1 amide bonds. The van der Waals surface area contributed by atoms with Crippen molar-refractivity contribution in [3.05, 3.63) is 76.5 Å². The summed E-state index contributed by atoms with van der Waals surface area (Å²) in [6, 6.07) is 17.0. The first kappa shape index (κ1) is 26.4. The van der Waals surface area contributed by atoms with Gasteiger partial charge >= 0.3 is 0 Å². The zero-order valence-corrected chi connectivity index (χ0v) is 22.7. The Kier molecular flexibility index (Phi) is 8.87. The lowest BCUT2D eigenvalue weighted by atomic mass is 10.0. The van der Waals surface area contributed by atoms with Gasteiger partial charge in [-0.05, 0) is 86.9 Å². The molecule has 1 atom stereocenters. The zero-order chi connectivity index (χ0) is 25.5. The van der Waals surface area contributed by atoms with Gasteiger partial charge in [0.15, 0.2) is 5.76 Å². The summed E-state index contributed by atoms with van der Waals surface area (Å²) < 4.78 is 37.6. The van der Waals surface area contributed by atoms with Crippen LogP contribution in [0.15, 0.2) is 79.5 Å². The fraction of sp³-hybridized carbons (Fsp3) is 0.370. The van der Waals surface area contributed by atoms with Crippen LogP contribution in [0.25, 0.3) is 0 Å². The van der Waals surface area contributed by atoms with Crippen LogP contribution < -0.4 is 10.1 Å². The van der Waals surface area contributed by atoms with E-state index in [1.807, 2.05) is 31.2 Å². The van der Waals surface area contributed by atoms with Gasteiger partial charge in [-0.3, -0.25) is 9.69 Å². The fourth-order valence-electron chi connectivity index (χ4n) is 4.41. The number of nitrogens with one attached hydrogen (secondary N) is 1. The number of likely N-dealkylation sites (tertiary alicyclic amines) is 1. The summed E-state index contributed by atoms with van der Waals surface area (Å²) in [5.41, 5.74) is 1.10. The number of carbonyl (C=O) groups is 1. The van der Waals surface area contributed by atoms with E-state index in [0.29, 0.717) is 13.2 Å². The molecule has 9 heteroatoms. The first-order chi connectivity index (χ1) is 17.4. The van der Waals surface area contributed by atoms with Crippen LogP contribution in [0.5, 0.6) is 5.75 Å². The lowest BCUT2D eigenvalue weighted by Gasteiger charge is -2.31. The number of halogens is 1. The summed E-state index contributed by atoms with van der Waals surface area (Å²) >= 11 is 3.30. The van der Waals surface area contributed by atoms with Crippen molar-refractivity contribution in [2.75, 3.05) is 26.2 Å². The molecule has 7 nitrogen and oxygen atoms in total. The van der Waals surface area contributed by atoms with Crippen molar-refractivity contribution in [2.24, 2.45) is 0 Å². The quantitative estimate of drug-likeness (QED) is 0.356. The van der Waals surface area contributed by atoms with Gasteiger partial charge in [-0.15, -0.1) is 0 Å². The van der Waals surface area contributed by atoms with E-state index in [4.69, 9.17) is 9.15 Å². The maximum atomic E-state index is 12.9. The molecule has 0 radical (unpaired) electrons. The van der Waals surface area contributed by atoms with E-state index in [0.717, 1.165) is 41.7 Å². The molecule has 1 N–H and O–H groups in total. The van der Waals surface area contributed by atoms with E-state index < -0.39 is 15.7 Å². The summed E-state index contributed by atoms with van der Waals surface area (Å²) in [5.74, 6) is 0.333. The molecular formula is C27H31BrN2O5S. The summed E-state index contributed by atoms with van der Waals surface area (Å²) in [5, 5.41) is 2.70. The molecule has 1 unspecified atom stereocenters. The number of benzene rings is 2. The maximum absolute atomic E-state index is 12.9. The van der Waals surface area contributed by atoms with E-state index in [9.17, 15) is 13.2 Å². The molecule has 0 bridgehead atoms. The average Bonchev–Trinajstić information content (AvgIpc) is 3.24. The molecule has 0 saturated carbocycles. The number of carbonyl (C=O) groups excluding carboxylic acids is 1. The van der Waals surface area contributed by atoms with Crippen molar-refractivity contribution in [3.8, 4) is 5.75 Å². The Labute approximate surface area is 220 Å². The Bertz CT molecular complexity index is 1250. The molecule has 4 rings (SSSR count). The van der Waals surface area contributed by atoms with Crippen LogP contribution in [0.4, 0.5) is 0 Å². The number of furan rings is 1. The second-order valence-corrected chi connectivity index (χ2v) is 11.6. The van der Waals surface area contributed by atoms with Crippen LogP contribution >= 0.6 is 15.9 Å². The van der Waals surface area contributed by atoms with Gasteiger partial charge < -0.3 is 14.5 Å². The smallest absolute Gasteiger partial charge is 0.287 e. The maximum Gasteiger partial charge on any atom is 0.287 e. The Morgan fingerprint density at radius 3 is 2.31 bits per heavy atom. The molecule has 1 aromatic heterocycles. The third-order valence-corrected chi connectivity index (χ3v) is 8.48. The van der Waals surface area contributed by atoms with Crippen molar-refractivity contribution < 1.29 is 22.4 Å². The largest absolute Gasteiger partial charge is 0.494 e. The highest BCUT2D eigenvalue weighted by molar-refractivity contribution is 9.10. The highest BCUT2D eigenvalue weighted by atomic mass is 79.9. The summed E-state index contributed by atoms with van der Waals surface area (Å²) in [6.07, 6.45) is 4.66. The Morgan fingerprint density at radius 2 is 1.67 bits per heavy atom. The SMILES string of the molecule is CCOc1ccc(C(CNC(=O)c2ccc(S(=O)(=O)c3ccc(Br)cc3)o2)N2CCCCCC2)cc1. The van der Waals surface area contributed by atoms with E-state index in [-0.39, 0.29) is 21.8 Å². The predicted molar refractivity (Wildman–Crippen MR) is 141 cm³/mol. The monoisotopic (exact) mass is 574 g/mol. The number of amides is 1. The molecule has 36 heavy (non-hydrogen) atoms. The fourth-order valence-corrected chi connectivity index (χ4v) is 5.85. The van der Waals surface area contributed by atoms with Crippen LogP contribution in [0.1, 0.15) is 54.8 Å². The number of rotatable bonds is 9. The zero-order valence-electron chi connectivity index (χ0n) is 20.3. The summed E-state index contributed by atoms with van der Waals surface area (Å²) in [4.78, 5) is 15.5. The molecule has 1 saturated heterocycles. The minimum Gasteiger partial charge on any atom is -0.494 e. The van der Waals surface area contributed by atoms with Crippen LogP contribution in [-0.4, -0.2) is 45.5 Å². The third-order valence-electron chi connectivity index (χ3n) is 6.31. The average molecular weight is 576 g/mol. The first-order valence-corrected chi connectivity index (χ1v) is 14.5. The molecule has 1 fully saturated rings. The molecule has 2 heterocycles. The molecule has 1 aliphatic heterocycles. The van der Waals surface area contributed by atoms with Gasteiger partial charge in [0.2, 0.25) is 14.9 Å². The molecule has 2 aromatic carbocycles. The van der Waals surface area contributed by atoms with Crippen LogP contribution in [0.3, 0.4) is 0 Å². The van der Waals surface area contributed by atoms with E-state index in [1.54, 1.807) is 12.1 Å². The highest BCUT2D eigenvalue weighted by Crippen LogP contribution is 2.27. The number of sulfone groups is 1. The topological polar surface area (TPSA) is 88.8 Å². The van der Waals surface area contributed by atoms with Gasteiger partial charge in [0.25, 0.3) is 5.91 Å². The normalized spacial score (nSPS) is 15.7. The van der Waals surface area contributed by atoms with Crippen LogP contribution in [-0.2, 0) is 9.84 Å². The Morgan fingerprint density at radius 1 is 1.00 bits per heavy atom. The van der Waals surface area contributed by atoms with Gasteiger partial charge in [-0.25, -0.2) is 8.42 Å². The molecular weight excluding hydrogens is 544 g/mol. The number of nitrogens with zero attached hydrogens (tertiary/aromatic N) is 1. The Balaban J connectivity index is 1.49. The minimum atomic E-state index is -3.86. The van der Waals surface area contributed by atoms with Crippen molar-refractivity contribution in [1.29, 1.82) is 0 Å². The predicted octanol–water partition coefficient (Wildman–Crippen LogP) is 5.62. The van der Waals surface area contributed by atoms with Gasteiger partial charge in [0.05, 0.1) is 17.5 Å². The van der Waals surface area contributed by atoms with Gasteiger partial charge in [0, 0.05) is 11.0 Å². The third kappa shape index (κ3) is 6.38. The molecule has 0 aliphatic carbocycles. The van der Waals surface area contributed by atoms with E-state index in [2.05, 4.69) is 26.1 Å². The second-order valence-electron chi connectivity index (χ2n) is 8.75. The molecule has 192 valence electrons. The van der Waals surface area contributed by atoms with E-state index in [1.165, 1.54) is 37.1 Å². The molecule has 3 aromatic rings. The highest BCUT2D eigenvalue weighted by Gasteiger charge is 2.26. The molecule has 0 spiro atoms. The van der Waals surface area contributed by atoms with Gasteiger partial charge in [-0.1, -0.05) is 40.9 Å². The van der Waals surface area contributed by atoms with Crippen molar-refractivity contribution in [3.63, 3.8) is 0 Å². The van der Waals surface area contributed by atoms with Crippen molar-refractivity contribution in [1.82, 2.24) is 10.2 Å². The minimum absolute atomic E-state index is 0.0105. The van der Waals surface area contributed by atoms with E-state index >= 15 is 0 Å². The Hall–Kier alpha value is -2.62. The standard InChI is InChI=1S/C27H31BrN2O5S/c1-2-34-22-11-7-20(8-12-22)24(30-17-5-3-4-6-18-30)19-29-27(31)25-15-16-26(35-25)36(32,33)23-13-9-21(28)10-14-23/h7-16,24H,2-6,17-19H2,1H3,(H,29,31). The number of hydrogen-bond acceptors (Lipinski definition) is 6. The number of ether oxygens (including phenoxy) is 1. The number of hydrogen-bond donors (Lipinski definition) is 1. The first-order valence-electron chi connectivity index (χ1n) is 12.2. The lowest BCUT2D eigenvalue weighted by molar-refractivity contribution is 0.0900. The summed E-state index contributed by atoms with van der Waals surface area (Å²) in [6.45, 7) is 4.86. The van der Waals surface area contributed by atoms with Gasteiger partial charge in [0.1, 0.15) is 5.75 Å². The molecule has 1 aliphatic rings. The van der Waals surface area contributed by atoms with Crippen LogP contribution in [0.2, 0.25) is 0 Å². The van der Waals surface area contributed by atoms with Crippen LogP contribution in [0, 0.1) is 0 Å². The van der Waals surface area contributed by atoms with Crippen molar-refractivity contribution in [2.45, 2.75) is 48.6 Å².